The zero-order valence-corrected chi connectivity index (χ0v) is 8.82. The van der Waals surface area contributed by atoms with E-state index in [4.69, 9.17) is 0 Å². The standard InChI is InChI=1S/C11H17NO2/c1-4-5-12-10(13)7-9(11(12)14)6-8(2)3/h4,8-9H,1,5-7H2,2-3H3. The van der Waals surface area contributed by atoms with E-state index in [1.165, 1.54) is 4.90 Å². The zero-order valence-electron chi connectivity index (χ0n) is 8.82. The largest absolute Gasteiger partial charge is 0.278 e. The van der Waals surface area contributed by atoms with Crippen molar-refractivity contribution in [3.63, 3.8) is 0 Å². The van der Waals surface area contributed by atoms with Crippen LogP contribution < -0.4 is 0 Å². The lowest BCUT2D eigenvalue weighted by Crippen LogP contribution is -2.30. The first-order valence-electron chi connectivity index (χ1n) is 5.01. The lowest BCUT2D eigenvalue weighted by atomic mass is 9.96. The number of carbonyl (C=O) groups excluding carboxylic acids is 2. The van der Waals surface area contributed by atoms with Crippen LogP contribution in [0, 0.1) is 11.8 Å². The predicted octanol–water partition coefficient (Wildman–Crippen LogP) is 1.59. The molecule has 3 heteroatoms. The second kappa shape index (κ2) is 4.40. The molecule has 3 nitrogen and oxygen atoms in total. The Bertz CT molecular complexity index is 258. The molecular formula is C11H17NO2. The summed E-state index contributed by atoms with van der Waals surface area (Å²) in [5, 5.41) is 0. The van der Waals surface area contributed by atoms with Crippen LogP contribution in [0.5, 0.6) is 0 Å². The molecule has 0 saturated carbocycles. The summed E-state index contributed by atoms with van der Waals surface area (Å²) in [5.41, 5.74) is 0. The smallest absolute Gasteiger partial charge is 0.233 e. The van der Waals surface area contributed by atoms with E-state index in [1.807, 2.05) is 0 Å². The summed E-state index contributed by atoms with van der Waals surface area (Å²) in [6, 6.07) is 0. The summed E-state index contributed by atoms with van der Waals surface area (Å²) >= 11 is 0. The maximum absolute atomic E-state index is 11.7. The van der Waals surface area contributed by atoms with Crippen LogP contribution in [0.1, 0.15) is 26.7 Å². The highest BCUT2D eigenvalue weighted by atomic mass is 16.2. The molecule has 2 amide bonds. The number of carbonyl (C=O) groups is 2. The molecular weight excluding hydrogens is 178 g/mol. The van der Waals surface area contributed by atoms with Gasteiger partial charge in [0, 0.05) is 18.9 Å². The molecule has 1 atom stereocenters. The van der Waals surface area contributed by atoms with Crippen molar-refractivity contribution in [2.24, 2.45) is 11.8 Å². The molecule has 0 N–H and O–H groups in total. The van der Waals surface area contributed by atoms with E-state index in [9.17, 15) is 9.59 Å². The summed E-state index contributed by atoms with van der Waals surface area (Å²) in [5.74, 6) is 0.284. The van der Waals surface area contributed by atoms with Crippen molar-refractivity contribution in [2.45, 2.75) is 26.7 Å². The van der Waals surface area contributed by atoms with Crippen molar-refractivity contribution in [3.05, 3.63) is 12.7 Å². The Morgan fingerprint density at radius 3 is 2.71 bits per heavy atom. The van der Waals surface area contributed by atoms with E-state index in [0.717, 1.165) is 6.42 Å². The number of nitrogens with zero attached hydrogens (tertiary/aromatic N) is 1. The van der Waals surface area contributed by atoms with Gasteiger partial charge in [-0.15, -0.1) is 6.58 Å². The van der Waals surface area contributed by atoms with Crippen LogP contribution in [-0.4, -0.2) is 23.3 Å². The van der Waals surface area contributed by atoms with Crippen LogP contribution in [0.25, 0.3) is 0 Å². The molecule has 1 unspecified atom stereocenters. The average molecular weight is 195 g/mol. The fraction of sp³-hybridized carbons (Fsp3) is 0.636. The van der Waals surface area contributed by atoms with Gasteiger partial charge in [0.05, 0.1) is 0 Å². The van der Waals surface area contributed by atoms with Gasteiger partial charge < -0.3 is 0 Å². The highest BCUT2D eigenvalue weighted by molar-refractivity contribution is 6.03. The first-order chi connectivity index (χ1) is 6.56. The second-order valence-electron chi connectivity index (χ2n) is 4.16. The van der Waals surface area contributed by atoms with Gasteiger partial charge in [-0.25, -0.2) is 0 Å². The van der Waals surface area contributed by atoms with E-state index in [1.54, 1.807) is 6.08 Å². The van der Waals surface area contributed by atoms with Gasteiger partial charge in [-0.3, -0.25) is 14.5 Å². The van der Waals surface area contributed by atoms with Crippen molar-refractivity contribution in [3.8, 4) is 0 Å². The molecule has 0 aromatic rings. The van der Waals surface area contributed by atoms with Crippen LogP contribution >= 0.6 is 0 Å². The maximum Gasteiger partial charge on any atom is 0.233 e. The normalized spacial score (nSPS) is 22.2. The van der Waals surface area contributed by atoms with Crippen molar-refractivity contribution >= 4 is 11.8 Å². The molecule has 0 aromatic carbocycles. The molecule has 0 aromatic heterocycles. The highest BCUT2D eigenvalue weighted by Crippen LogP contribution is 2.25. The Kier molecular flexibility index (Phi) is 3.44. The summed E-state index contributed by atoms with van der Waals surface area (Å²) in [6.07, 6.45) is 2.77. The average Bonchev–Trinajstić information content (AvgIpc) is 2.32. The van der Waals surface area contributed by atoms with E-state index in [0.29, 0.717) is 18.9 Å². The molecule has 1 fully saturated rings. The van der Waals surface area contributed by atoms with Crippen LogP contribution in [-0.2, 0) is 9.59 Å². The number of amides is 2. The maximum atomic E-state index is 11.7. The van der Waals surface area contributed by atoms with E-state index < -0.39 is 0 Å². The third-order valence-electron chi connectivity index (χ3n) is 2.40. The molecule has 14 heavy (non-hydrogen) atoms. The van der Waals surface area contributed by atoms with Crippen LogP contribution in [0.2, 0.25) is 0 Å². The molecule has 0 spiro atoms. The lowest BCUT2D eigenvalue weighted by molar-refractivity contribution is -0.138. The third kappa shape index (κ3) is 2.22. The number of hydrogen-bond acceptors (Lipinski definition) is 2. The van der Waals surface area contributed by atoms with Crippen LogP contribution in [0.3, 0.4) is 0 Å². The topological polar surface area (TPSA) is 37.4 Å². The van der Waals surface area contributed by atoms with Crippen molar-refractivity contribution in [2.75, 3.05) is 6.54 Å². The minimum Gasteiger partial charge on any atom is -0.278 e. The Morgan fingerprint density at radius 2 is 2.21 bits per heavy atom. The molecule has 1 heterocycles. The zero-order chi connectivity index (χ0) is 10.7. The molecule has 1 aliphatic rings. The quantitative estimate of drug-likeness (QED) is 0.504. The van der Waals surface area contributed by atoms with Gasteiger partial charge in [-0.2, -0.15) is 0 Å². The summed E-state index contributed by atoms with van der Waals surface area (Å²) in [6.45, 7) is 8.01. The molecule has 1 aliphatic heterocycles. The van der Waals surface area contributed by atoms with Crippen LogP contribution in [0.4, 0.5) is 0 Å². The fourth-order valence-corrected chi connectivity index (χ4v) is 1.83. The van der Waals surface area contributed by atoms with Gasteiger partial charge in [0.25, 0.3) is 0 Å². The van der Waals surface area contributed by atoms with E-state index in [2.05, 4.69) is 20.4 Å². The predicted molar refractivity (Wildman–Crippen MR) is 54.5 cm³/mol. The SMILES string of the molecule is C=CCN1C(=O)CC(CC(C)C)C1=O. The lowest BCUT2D eigenvalue weighted by Gasteiger charge is -2.13. The fourth-order valence-electron chi connectivity index (χ4n) is 1.83. The summed E-state index contributed by atoms with van der Waals surface area (Å²) < 4.78 is 0. The van der Waals surface area contributed by atoms with Gasteiger partial charge in [-0.1, -0.05) is 19.9 Å². The minimum atomic E-state index is -0.0950. The molecule has 78 valence electrons. The minimum absolute atomic E-state index is 0.0244. The monoisotopic (exact) mass is 195 g/mol. The Morgan fingerprint density at radius 1 is 1.57 bits per heavy atom. The summed E-state index contributed by atoms with van der Waals surface area (Å²) in [7, 11) is 0. The first-order valence-corrected chi connectivity index (χ1v) is 5.01. The molecule has 1 rings (SSSR count). The first kappa shape index (κ1) is 11.0. The van der Waals surface area contributed by atoms with E-state index in [-0.39, 0.29) is 17.7 Å². The van der Waals surface area contributed by atoms with Gasteiger partial charge in [0.15, 0.2) is 0 Å². The van der Waals surface area contributed by atoms with Crippen LogP contribution in [0.15, 0.2) is 12.7 Å². The summed E-state index contributed by atoms with van der Waals surface area (Å²) in [4.78, 5) is 24.4. The van der Waals surface area contributed by atoms with Crippen molar-refractivity contribution in [1.29, 1.82) is 0 Å². The highest BCUT2D eigenvalue weighted by Gasteiger charge is 2.37. The van der Waals surface area contributed by atoms with Gasteiger partial charge in [0.2, 0.25) is 11.8 Å². The van der Waals surface area contributed by atoms with Crippen molar-refractivity contribution in [1.82, 2.24) is 4.90 Å². The number of hydrogen-bond donors (Lipinski definition) is 0. The number of rotatable bonds is 4. The molecule has 0 bridgehead atoms. The Labute approximate surface area is 84.8 Å². The van der Waals surface area contributed by atoms with Gasteiger partial charge in [-0.05, 0) is 12.3 Å². The molecule has 0 aliphatic carbocycles. The van der Waals surface area contributed by atoms with Crippen molar-refractivity contribution < 1.29 is 9.59 Å². The Hall–Kier alpha value is -1.12. The number of imide groups is 1. The second-order valence-corrected chi connectivity index (χ2v) is 4.16. The molecule has 0 radical (unpaired) electrons. The van der Waals surface area contributed by atoms with Gasteiger partial charge >= 0.3 is 0 Å². The molecule has 1 saturated heterocycles. The van der Waals surface area contributed by atoms with E-state index >= 15 is 0 Å². The number of likely N-dealkylation sites (tertiary alicyclic amines) is 1. The van der Waals surface area contributed by atoms with Gasteiger partial charge in [0.1, 0.15) is 0 Å². The Balaban J connectivity index is 2.64. The third-order valence-corrected chi connectivity index (χ3v) is 2.40.